The van der Waals surface area contributed by atoms with Crippen molar-refractivity contribution >= 4 is 0 Å². The number of aliphatic hydroxyl groups excluding tert-OH is 15. The van der Waals surface area contributed by atoms with E-state index in [0.29, 0.717) is 0 Å². The van der Waals surface area contributed by atoms with E-state index < -0.39 is 149 Å². The van der Waals surface area contributed by atoms with Gasteiger partial charge in [0, 0.05) is 0 Å². The maximum Gasteiger partial charge on any atom is 0.187 e. The Hall–Kier alpha value is -0.840. The van der Waals surface area contributed by atoms with Gasteiger partial charge in [-0.3, -0.25) is 0 Å². The summed E-state index contributed by atoms with van der Waals surface area (Å²) >= 11 is 0. The normalized spacial score (nSPS) is 54.6. The van der Waals surface area contributed by atoms with E-state index in [1.54, 1.807) is 0 Å². The van der Waals surface area contributed by atoms with Gasteiger partial charge in [0.05, 0.1) is 19.8 Å². The molecule has 0 bridgehead atoms. The number of hydrogen-bond donors (Lipinski definition) is 15. The highest BCUT2D eigenvalue weighted by atomic mass is 16.7. The lowest BCUT2D eigenvalue weighted by Gasteiger charge is -2.46. The van der Waals surface area contributed by atoms with Crippen LogP contribution in [0.2, 0.25) is 0 Å². The summed E-state index contributed by atoms with van der Waals surface area (Å²) in [6.07, 6.45) is -38.1. The second kappa shape index (κ2) is 15.1. The molecule has 45 heavy (non-hydrogen) atoms. The molecule has 19 atom stereocenters. The second-order valence-electron chi connectivity index (χ2n) is 11.4. The lowest BCUT2D eigenvalue weighted by Crippen LogP contribution is -2.67. The fourth-order valence-corrected chi connectivity index (χ4v) is 5.46. The molecule has 0 amide bonds. The Morgan fingerprint density at radius 2 is 0.667 bits per heavy atom. The molecule has 4 fully saturated rings. The van der Waals surface area contributed by atoms with Crippen LogP contribution >= 0.6 is 0 Å². The van der Waals surface area contributed by atoms with Crippen molar-refractivity contribution < 1.29 is 105 Å². The summed E-state index contributed by atoms with van der Waals surface area (Å²) < 4.78 is 32.1. The quantitative estimate of drug-likeness (QED) is 0.109. The first-order chi connectivity index (χ1) is 21.1. The molecule has 21 heteroatoms. The smallest absolute Gasteiger partial charge is 0.187 e. The highest BCUT2D eigenvalue weighted by molar-refractivity contribution is 5.01. The molecule has 264 valence electrons. The maximum absolute atomic E-state index is 10.4. The van der Waals surface area contributed by atoms with Gasteiger partial charge in [-0.1, -0.05) is 0 Å². The van der Waals surface area contributed by atoms with Crippen LogP contribution in [0.15, 0.2) is 0 Å². The fraction of sp³-hybridized carbons (Fsp3) is 1.00. The lowest BCUT2D eigenvalue weighted by atomic mass is 9.84. The van der Waals surface area contributed by atoms with E-state index in [-0.39, 0.29) is 0 Å². The Labute approximate surface area is 254 Å². The Morgan fingerprint density at radius 3 is 1.09 bits per heavy atom. The molecule has 0 aromatic rings. The van der Waals surface area contributed by atoms with Crippen molar-refractivity contribution in [3.63, 3.8) is 0 Å². The summed E-state index contributed by atoms with van der Waals surface area (Å²) in [5, 5.41) is 152. The fourth-order valence-electron chi connectivity index (χ4n) is 5.46. The molecule has 1 saturated carbocycles. The molecule has 3 heterocycles. The molecular formula is C24H42O21. The summed E-state index contributed by atoms with van der Waals surface area (Å²) in [6, 6.07) is 0. The van der Waals surface area contributed by atoms with Gasteiger partial charge in [0.15, 0.2) is 18.9 Å². The molecule has 15 N–H and O–H groups in total. The van der Waals surface area contributed by atoms with Crippen molar-refractivity contribution in [3.8, 4) is 0 Å². The number of rotatable bonds is 9. The predicted octanol–water partition coefficient (Wildman–Crippen LogP) is -10.4. The van der Waals surface area contributed by atoms with E-state index in [2.05, 4.69) is 0 Å². The van der Waals surface area contributed by atoms with Gasteiger partial charge in [-0.05, 0) is 0 Å². The van der Waals surface area contributed by atoms with Crippen molar-refractivity contribution in [3.05, 3.63) is 0 Å². The minimum atomic E-state index is -2.01. The monoisotopic (exact) mass is 666 g/mol. The van der Waals surface area contributed by atoms with Gasteiger partial charge in [0.25, 0.3) is 0 Å². The molecule has 1 aliphatic carbocycles. The number of ether oxygens (including phenoxy) is 6. The van der Waals surface area contributed by atoms with Gasteiger partial charge < -0.3 is 105 Å². The van der Waals surface area contributed by atoms with Crippen LogP contribution in [0, 0.1) is 0 Å². The van der Waals surface area contributed by atoms with E-state index in [9.17, 15) is 76.6 Å². The van der Waals surface area contributed by atoms with Gasteiger partial charge in [-0.25, -0.2) is 0 Å². The maximum atomic E-state index is 10.4. The van der Waals surface area contributed by atoms with E-state index >= 15 is 0 Å². The van der Waals surface area contributed by atoms with Crippen molar-refractivity contribution in [1.82, 2.24) is 0 Å². The van der Waals surface area contributed by atoms with Crippen molar-refractivity contribution in [2.75, 3.05) is 19.8 Å². The highest BCUT2D eigenvalue weighted by Gasteiger charge is 2.53. The zero-order chi connectivity index (χ0) is 33.5. The largest absolute Gasteiger partial charge is 0.394 e. The molecule has 0 spiro atoms. The third-order valence-corrected chi connectivity index (χ3v) is 8.40. The van der Waals surface area contributed by atoms with Gasteiger partial charge in [0.1, 0.15) is 110 Å². The molecule has 0 aromatic carbocycles. The third kappa shape index (κ3) is 7.44. The number of hydrogen-bond acceptors (Lipinski definition) is 21. The molecule has 13 unspecified atom stereocenters. The topological polar surface area (TPSA) is 359 Å². The molecule has 3 saturated heterocycles. The number of aliphatic hydroxyl groups is 15. The van der Waals surface area contributed by atoms with Crippen LogP contribution in [-0.2, 0) is 28.4 Å². The van der Waals surface area contributed by atoms with E-state index in [1.807, 2.05) is 0 Å². The van der Waals surface area contributed by atoms with Crippen LogP contribution in [0.3, 0.4) is 0 Å². The van der Waals surface area contributed by atoms with Crippen LogP contribution in [0.4, 0.5) is 0 Å². The first-order valence-corrected chi connectivity index (χ1v) is 14.1. The average molecular weight is 667 g/mol. The van der Waals surface area contributed by atoms with Crippen LogP contribution in [-0.4, -0.2) is 225 Å². The van der Waals surface area contributed by atoms with Gasteiger partial charge in [0.2, 0.25) is 0 Å². The van der Waals surface area contributed by atoms with Crippen molar-refractivity contribution in [2.45, 2.75) is 129 Å². The van der Waals surface area contributed by atoms with Crippen LogP contribution in [0.25, 0.3) is 0 Å². The van der Waals surface area contributed by atoms with Gasteiger partial charge >= 0.3 is 0 Å². The zero-order valence-electron chi connectivity index (χ0n) is 23.4. The van der Waals surface area contributed by atoms with E-state index in [4.69, 9.17) is 28.4 Å². The molecule has 3 aliphatic heterocycles. The second-order valence-corrected chi connectivity index (χ2v) is 11.4. The molecule has 0 aromatic heterocycles. The SMILES string of the molecule is OCC1O[C@H](OCC2O[C@H](OCC3O[C@@H](OC4C(O)C(O)C(O)C(O)C4O)C(O)C(O)[C@H]3O)C(O)C(O)[C@H]2O)C(O)C(O)[C@H]1O. The Bertz CT molecular complexity index is 915. The summed E-state index contributed by atoms with van der Waals surface area (Å²) in [7, 11) is 0. The Kier molecular flexibility index (Phi) is 12.5. The summed E-state index contributed by atoms with van der Waals surface area (Å²) in [5.41, 5.74) is 0. The zero-order valence-corrected chi connectivity index (χ0v) is 23.4. The highest BCUT2D eigenvalue weighted by Crippen LogP contribution is 2.31. The lowest BCUT2D eigenvalue weighted by molar-refractivity contribution is -0.354. The van der Waals surface area contributed by atoms with Gasteiger partial charge in [-0.15, -0.1) is 0 Å². The molecule has 0 radical (unpaired) electrons. The van der Waals surface area contributed by atoms with E-state index in [0.717, 1.165) is 0 Å². The van der Waals surface area contributed by atoms with Crippen molar-refractivity contribution in [2.24, 2.45) is 0 Å². The minimum Gasteiger partial charge on any atom is -0.394 e. The molecular weight excluding hydrogens is 624 g/mol. The van der Waals surface area contributed by atoms with Crippen LogP contribution < -0.4 is 0 Å². The van der Waals surface area contributed by atoms with Crippen LogP contribution in [0.5, 0.6) is 0 Å². The van der Waals surface area contributed by atoms with Gasteiger partial charge in [-0.2, -0.15) is 0 Å². The van der Waals surface area contributed by atoms with Crippen molar-refractivity contribution in [1.29, 1.82) is 0 Å². The first-order valence-electron chi connectivity index (χ1n) is 14.1. The summed E-state index contributed by atoms with van der Waals surface area (Å²) in [4.78, 5) is 0. The van der Waals surface area contributed by atoms with E-state index in [1.165, 1.54) is 0 Å². The predicted molar refractivity (Wildman–Crippen MR) is 134 cm³/mol. The first kappa shape index (κ1) is 37.0. The molecule has 4 rings (SSSR count). The summed E-state index contributed by atoms with van der Waals surface area (Å²) in [6.45, 7) is -2.15. The third-order valence-electron chi connectivity index (χ3n) is 8.40. The molecule has 21 nitrogen and oxygen atoms in total. The minimum absolute atomic E-state index is 0.657. The molecule has 4 aliphatic rings. The standard InChI is InChI=1S/C24H42O21/c25-1-4-7(26)10(29)18(37)22(42-4)40-2-5-8(27)11(30)19(38)23(43-5)41-3-6-9(28)12(31)20(39)24(44-6)45-21-16(35)14(33)13(32)15(34)17(21)36/h4-39H,1-3H2/t4?,5?,6?,7-,8-,9-,10?,11?,12?,13?,14?,15?,16?,17?,18?,19?,20?,21?,22-,23-,24-/m0/s1. The summed E-state index contributed by atoms with van der Waals surface area (Å²) in [5.74, 6) is 0. The average Bonchev–Trinajstić information content (AvgIpc) is 3.03. The van der Waals surface area contributed by atoms with Crippen LogP contribution in [0.1, 0.15) is 0 Å². The Morgan fingerprint density at radius 1 is 0.356 bits per heavy atom. The Balaban J connectivity index is 1.38.